The van der Waals surface area contributed by atoms with E-state index in [0.717, 1.165) is 18.5 Å². The van der Waals surface area contributed by atoms with Crippen LogP contribution in [0.1, 0.15) is 36.9 Å². The second-order valence-electron chi connectivity index (χ2n) is 4.41. The molecule has 3 heteroatoms. The summed E-state index contributed by atoms with van der Waals surface area (Å²) in [7, 11) is 1.90. The molecule has 1 atom stereocenters. The minimum Gasteiger partial charge on any atom is -0.350 e. The Labute approximate surface area is 104 Å². The molecule has 3 nitrogen and oxygen atoms in total. The Kier molecular flexibility index (Phi) is 5.70. The number of aryl methyl sites for hydroxylation is 1. The molecule has 1 aromatic carbocycles. The van der Waals surface area contributed by atoms with Crippen LogP contribution >= 0.6 is 0 Å². The van der Waals surface area contributed by atoms with E-state index in [-0.39, 0.29) is 11.9 Å². The van der Waals surface area contributed by atoms with Crippen molar-refractivity contribution in [2.75, 3.05) is 13.6 Å². The highest BCUT2D eigenvalue weighted by Crippen LogP contribution is 2.13. The summed E-state index contributed by atoms with van der Waals surface area (Å²) in [6, 6.07) is 8.34. The van der Waals surface area contributed by atoms with Gasteiger partial charge in [-0.05, 0) is 39.4 Å². The van der Waals surface area contributed by atoms with E-state index < -0.39 is 0 Å². The van der Waals surface area contributed by atoms with Gasteiger partial charge in [0.25, 0.3) is 0 Å². The quantitative estimate of drug-likeness (QED) is 0.741. The van der Waals surface area contributed by atoms with Gasteiger partial charge >= 0.3 is 0 Å². The van der Waals surface area contributed by atoms with Crippen LogP contribution in [0.25, 0.3) is 0 Å². The lowest BCUT2D eigenvalue weighted by Gasteiger charge is -2.14. The highest BCUT2D eigenvalue weighted by atomic mass is 16.1. The lowest BCUT2D eigenvalue weighted by Crippen LogP contribution is -2.27. The summed E-state index contributed by atoms with van der Waals surface area (Å²) in [5, 5.41) is 6.04. The van der Waals surface area contributed by atoms with Crippen LogP contribution in [-0.4, -0.2) is 19.5 Å². The van der Waals surface area contributed by atoms with E-state index >= 15 is 0 Å². The summed E-state index contributed by atoms with van der Waals surface area (Å²) in [4.78, 5) is 11.6. The van der Waals surface area contributed by atoms with Gasteiger partial charge in [0.15, 0.2) is 0 Å². The summed E-state index contributed by atoms with van der Waals surface area (Å²) < 4.78 is 0. The fraction of sp³-hybridized carbons (Fsp3) is 0.500. The molecule has 0 heterocycles. The van der Waals surface area contributed by atoms with Crippen LogP contribution in [0.5, 0.6) is 0 Å². The summed E-state index contributed by atoms with van der Waals surface area (Å²) in [5.41, 5.74) is 2.39. The molecule has 0 unspecified atom stereocenters. The van der Waals surface area contributed by atoms with Crippen molar-refractivity contribution in [1.29, 1.82) is 0 Å². The number of carbonyl (C=O) groups excluding carboxylic acids is 1. The van der Waals surface area contributed by atoms with Gasteiger partial charge in [0.1, 0.15) is 0 Å². The molecule has 0 spiro atoms. The van der Waals surface area contributed by atoms with Gasteiger partial charge in [-0.1, -0.05) is 29.8 Å². The molecule has 1 rings (SSSR count). The van der Waals surface area contributed by atoms with Gasteiger partial charge in [-0.3, -0.25) is 4.79 Å². The molecule has 0 aliphatic heterocycles. The van der Waals surface area contributed by atoms with Gasteiger partial charge in [-0.2, -0.15) is 0 Å². The minimum absolute atomic E-state index is 0.0812. The van der Waals surface area contributed by atoms with Crippen LogP contribution in [0.4, 0.5) is 0 Å². The number of rotatable bonds is 6. The van der Waals surface area contributed by atoms with Gasteiger partial charge in [0.2, 0.25) is 5.91 Å². The SMILES string of the molecule is CNCCCC(=O)N[C@@H](C)c1ccc(C)cc1. The van der Waals surface area contributed by atoms with E-state index in [4.69, 9.17) is 0 Å². The first kappa shape index (κ1) is 13.7. The van der Waals surface area contributed by atoms with Crippen LogP contribution in [0, 0.1) is 6.92 Å². The first-order valence-electron chi connectivity index (χ1n) is 6.14. The summed E-state index contributed by atoms with van der Waals surface area (Å²) in [6.07, 6.45) is 1.46. The van der Waals surface area contributed by atoms with Crippen LogP contribution in [0.3, 0.4) is 0 Å². The van der Waals surface area contributed by atoms with Gasteiger partial charge in [0.05, 0.1) is 6.04 Å². The number of hydrogen-bond donors (Lipinski definition) is 2. The fourth-order valence-corrected chi connectivity index (χ4v) is 1.68. The number of hydrogen-bond acceptors (Lipinski definition) is 2. The molecule has 0 saturated carbocycles. The van der Waals surface area contributed by atoms with Crippen molar-refractivity contribution in [2.24, 2.45) is 0 Å². The molecule has 94 valence electrons. The maximum atomic E-state index is 11.6. The van der Waals surface area contributed by atoms with E-state index in [2.05, 4.69) is 41.8 Å². The van der Waals surface area contributed by atoms with Crippen LogP contribution < -0.4 is 10.6 Å². The van der Waals surface area contributed by atoms with Crippen LogP contribution in [0.2, 0.25) is 0 Å². The Morgan fingerprint density at radius 2 is 1.94 bits per heavy atom. The van der Waals surface area contributed by atoms with Crippen LogP contribution in [-0.2, 0) is 4.79 Å². The predicted molar refractivity (Wildman–Crippen MR) is 70.9 cm³/mol. The second-order valence-corrected chi connectivity index (χ2v) is 4.41. The highest BCUT2D eigenvalue weighted by molar-refractivity contribution is 5.76. The minimum atomic E-state index is 0.0812. The van der Waals surface area contributed by atoms with Crippen molar-refractivity contribution in [3.63, 3.8) is 0 Å². The topological polar surface area (TPSA) is 41.1 Å². The molecule has 0 fully saturated rings. The fourth-order valence-electron chi connectivity index (χ4n) is 1.68. The molecule has 17 heavy (non-hydrogen) atoms. The third-order valence-electron chi connectivity index (χ3n) is 2.79. The molecular formula is C14H22N2O. The third kappa shape index (κ3) is 5.00. The standard InChI is InChI=1S/C14H22N2O/c1-11-6-8-13(9-7-11)12(2)16-14(17)5-4-10-15-3/h6-9,12,15H,4-5,10H2,1-3H3,(H,16,17)/t12-/m0/s1. The second kappa shape index (κ2) is 7.07. The molecule has 0 saturated heterocycles. The van der Waals surface area contributed by atoms with Crippen molar-refractivity contribution >= 4 is 5.91 Å². The Morgan fingerprint density at radius 1 is 1.29 bits per heavy atom. The van der Waals surface area contributed by atoms with E-state index in [1.165, 1.54) is 5.56 Å². The maximum Gasteiger partial charge on any atom is 0.220 e. The molecule has 0 aliphatic rings. The van der Waals surface area contributed by atoms with Crippen molar-refractivity contribution in [3.05, 3.63) is 35.4 Å². The monoisotopic (exact) mass is 234 g/mol. The highest BCUT2D eigenvalue weighted by Gasteiger charge is 2.08. The molecule has 0 aliphatic carbocycles. The van der Waals surface area contributed by atoms with Gasteiger partial charge in [0, 0.05) is 6.42 Å². The van der Waals surface area contributed by atoms with Gasteiger partial charge in [-0.15, -0.1) is 0 Å². The average molecular weight is 234 g/mol. The van der Waals surface area contributed by atoms with E-state index in [1.54, 1.807) is 0 Å². The number of amides is 1. The Morgan fingerprint density at radius 3 is 2.53 bits per heavy atom. The lowest BCUT2D eigenvalue weighted by atomic mass is 10.1. The molecule has 1 aromatic rings. The normalized spacial score (nSPS) is 12.2. The predicted octanol–water partition coefficient (Wildman–Crippen LogP) is 2.17. The van der Waals surface area contributed by atoms with E-state index in [1.807, 2.05) is 14.0 Å². The molecule has 0 bridgehead atoms. The zero-order chi connectivity index (χ0) is 12.7. The largest absolute Gasteiger partial charge is 0.350 e. The van der Waals surface area contributed by atoms with Crippen LogP contribution in [0.15, 0.2) is 24.3 Å². The molecule has 1 amide bonds. The zero-order valence-electron chi connectivity index (χ0n) is 10.9. The smallest absolute Gasteiger partial charge is 0.220 e. The zero-order valence-corrected chi connectivity index (χ0v) is 10.9. The van der Waals surface area contributed by atoms with Crippen molar-refractivity contribution in [3.8, 4) is 0 Å². The third-order valence-corrected chi connectivity index (χ3v) is 2.79. The van der Waals surface area contributed by atoms with E-state index in [0.29, 0.717) is 6.42 Å². The van der Waals surface area contributed by atoms with Crippen molar-refractivity contribution in [2.45, 2.75) is 32.7 Å². The van der Waals surface area contributed by atoms with E-state index in [9.17, 15) is 4.79 Å². The number of nitrogens with one attached hydrogen (secondary N) is 2. The molecule has 0 radical (unpaired) electrons. The molecule has 0 aromatic heterocycles. The molecular weight excluding hydrogens is 212 g/mol. The van der Waals surface area contributed by atoms with Gasteiger partial charge < -0.3 is 10.6 Å². The Bertz CT molecular complexity index is 346. The first-order chi connectivity index (χ1) is 8.13. The summed E-state index contributed by atoms with van der Waals surface area (Å²) in [5.74, 6) is 0.119. The number of carbonyl (C=O) groups is 1. The van der Waals surface area contributed by atoms with Crippen molar-refractivity contribution < 1.29 is 4.79 Å². The van der Waals surface area contributed by atoms with Gasteiger partial charge in [-0.25, -0.2) is 0 Å². The molecule has 2 N–H and O–H groups in total. The maximum absolute atomic E-state index is 11.6. The first-order valence-corrected chi connectivity index (χ1v) is 6.14. The summed E-state index contributed by atoms with van der Waals surface area (Å²) >= 11 is 0. The van der Waals surface area contributed by atoms with Crippen molar-refractivity contribution in [1.82, 2.24) is 10.6 Å². The lowest BCUT2D eigenvalue weighted by molar-refractivity contribution is -0.121. The Balaban J connectivity index is 2.40. The Hall–Kier alpha value is -1.35. The average Bonchev–Trinajstić information content (AvgIpc) is 2.30. The summed E-state index contributed by atoms with van der Waals surface area (Å²) in [6.45, 7) is 4.96. The number of benzene rings is 1.